The van der Waals surface area contributed by atoms with Gasteiger partial charge < -0.3 is 9.80 Å². The summed E-state index contributed by atoms with van der Waals surface area (Å²) in [6.07, 6.45) is 0.638. The number of imide groups is 1. The molecule has 3 aliphatic heterocycles. The van der Waals surface area contributed by atoms with Crippen LogP contribution in [0.3, 0.4) is 0 Å². The Morgan fingerprint density at radius 1 is 0.750 bits per heavy atom. The van der Waals surface area contributed by atoms with Gasteiger partial charge in [0.2, 0.25) is 0 Å². The minimum Gasteiger partial charge on any atom is -0.331 e. The highest BCUT2D eigenvalue weighted by molar-refractivity contribution is 6.25. The number of carbonyl (C=O) groups excluding carboxylic acids is 3. The van der Waals surface area contributed by atoms with Gasteiger partial charge in [0.05, 0.1) is 17.8 Å². The van der Waals surface area contributed by atoms with Crippen LogP contribution in [0, 0.1) is 0 Å². The van der Waals surface area contributed by atoms with Crippen LogP contribution in [0.25, 0.3) is 21.9 Å². The number of hydrogen-bond acceptors (Lipinski definition) is 3. The Morgan fingerprint density at radius 3 is 2.25 bits per heavy atom. The Balaban J connectivity index is 1.17. The van der Waals surface area contributed by atoms with E-state index in [2.05, 4.69) is 0 Å². The summed E-state index contributed by atoms with van der Waals surface area (Å²) in [5.74, 6) is -0.341. The van der Waals surface area contributed by atoms with Crippen LogP contribution >= 0.6 is 0 Å². The van der Waals surface area contributed by atoms with Gasteiger partial charge >= 0.3 is 6.03 Å². The van der Waals surface area contributed by atoms with Crippen molar-refractivity contribution in [2.24, 2.45) is 0 Å². The first-order chi connectivity index (χ1) is 17.6. The van der Waals surface area contributed by atoms with Gasteiger partial charge in [-0.2, -0.15) is 0 Å². The van der Waals surface area contributed by atoms with Crippen LogP contribution in [0.2, 0.25) is 0 Å². The second-order valence-corrected chi connectivity index (χ2v) is 9.66. The molecule has 0 N–H and O–H groups in total. The van der Waals surface area contributed by atoms with Crippen LogP contribution in [-0.4, -0.2) is 52.3 Å². The number of amides is 4. The number of rotatable bonds is 3. The molecule has 0 saturated carbocycles. The maximum Gasteiger partial charge on any atom is 0.332 e. The van der Waals surface area contributed by atoms with Gasteiger partial charge in [0.25, 0.3) is 11.8 Å². The zero-order valence-corrected chi connectivity index (χ0v) is 19.5. The van der Waals surface area contributed by atoms with Gasteiger partial charge in [0.15, 0.2) is 0 Å². The van der Waals surface area contributed by atoms with E-state index in [0.717, 1.165) is 21.9 Å². The minimum atomic E-state index is -0.636. The van der Waals surface area contributed by atoms with Crippen LogP contribution in [-0.2, 0) is 4.79 Å². The second kappa shape index (κ2) is 7.78. The van der Waals surface area contributed by atoms with E-state index in [9.17, 15) is 14.4 Å². The van der Waals surface area contributed by atoms with Crippen molar-refractivity contribution in [3.8, 4) is 11.1 Å². The average molecular weight is 474 g/mol. The lowest BCUT2D eigenvalue weighted by atomic mass is 10.0. The van der Waals surface area contributed by atoms with Gasteiger partial charge in [0.1, 0.15) is 6.04 Å². The SMILES string of the molecule is O=C1C2C3CC(CN3C(=O)c3ccc(-c4ccccc4)cc3)N2C(=O)N1c1cccc2ccccc12. The van der Waals surface area contributed by atoms with Crippen molar-refractivity contribution < 1.29 is 14.4 Å². The van der Waals surface area contributed by atoms with Crippen molar-refractivity contribution in [3.63, 3.8) is 0 Å². The molecule has 36 heavy (non-hydrogen) atoms. The van der Waals surface area contributed by atoms with Crippen LogP contribution in [0.4, 0.5) is 10.5 Å². The van der Waals surface area contributed by atoms with E-state index in [1.807, 2.05) is 97.1 Å². The number of fused-ring (bicyclic) bond motifs is 6. The molecule has 176 valence electrons. The molecule has 6 nitrogen and oxygen atoms in total. The summed E-state index contributed by atoms with van der Waals surface area (Å²) in [5, 5.41) is 1.84. The number of nitrogens with zero attached hydrogens (tertiary/aromatic N) is 3. The largest absolute Gasteiger partial charge is 0.332 e. The number of likely N-dealkylation sites (tertiary alicyclic amines) is 1. The van der Waals surface area contributed by atoms with Crippen molar-refractivity contribution in [3.05, 3.63) is 103 Å². The predicted octanol–water partition coefficient (Wildman–Crippen LogP) is 4.94. The lowest BCUT2D eigenvalue weighted by molar-refractivity contribution is -0.121. The summed E-state index contributed by atoms with van der Waals surface area (Å²) in [6.45, 7) is 0.447. The predicted molar refractivity (Wildman–Crippen MR) is 138 cm³/mol. The maximum atomic E-state index is 13.7. The third-order valence-corrected chi connectivity index (χ3v) is 7.77. The van der Waals surface area contributed by atoms with E-state index in [4.69, 9.17) is 0 Å². The summed E-state index contributed by atoms with van der Waals surface area (Å²) in [4.78, 5) is 45.4. The van der Waals surface area contributed by atoms with Crippen molar-refractivity contribution in [1.29, 1.82) is 0 Å². The molecule has 3 unspecified atom stereocenters. The summed E-state index contributed by atoms with van der Waals surface area (Å²) in [5.41, 5.74) is 3.34. The molecule has 3 atom stereocenters. The molecule has 0 aromatic heterocycles. The van der Waals surface area contributed by atoms with E-state index in [-0.39, 0.29) is 29.9 Å². The molecule has 4 aromatic rings. The van der Waals surface area contributed by atoms with Crippen molar-refractivity contribution in [1.82, 2.24) is 9.80 Å². The van der Waals surface area contributed by atoms with Crippen LogP contribution in [0.5, 0.6) is 0 Å². The second-order valence-electron chi connectivity index (χ2n) is 9.66. The highest BCUT2D eigenvalue weighted by atomic mass is 16.2. The fourth-order valence-electron chi connectivity index (χ4n) is 6.12. The summed E-state index contributed by atoms with van der Waals surface area (Å²) < 4.78 is 0. The number of anilines is 1. The van der Waals surface area contributed by atoms with E-state index >= 15 is 0 Å². The number of carbonyl (C=O) groups is 3. The third kappa shape index (κ3) is 2.94. The summed E-state index contributed by atoms with van der Waals surface area (Å²) in [7, 11) is 0. The Hall–Kier alpha value is -4.45. The molecule has 3 heterocycles. The van der Waals surface area contributed by atoms with Gasteiger partial charge in [-0.1, -0.05) is 78.9 Å². The number of piperazine rings is 1. The van der Waals surface area contributed by atoms with E-state index in [1.54, 1.807) is 9.80 Å². The van der Waals surface area contributed by atoms with Crippen LogP contribution in [0.1, 0.15) is 16.8 Å². The molecular formula is C30H23N3O3. The Labute approximate surface area is 208 Å². The van der Waals surface area contributed by atoms with Crippen molar-refractivity contribution >= 4 is 34.3 Å². The number of benzene rings is 4. The molecule has 0 radical (unpaired) electrons. The molecule has 3 fully saturated rings. The normalized spacial score (nSPS) is 22.6. The smallest absolute Gasteiger partial charge is 0.331 e. The zero-order chi connectivity index (χ0) is 24.4. The monoisotopic (exact) mass is 473 g/mol. The zero-order valence-electron chi connectivity index (χ0n) is 19.5. The topological polar surface area (TPSA) is 60.9 Å². The van der Waals surface area contributed by atoms with Gasteiger partial charge in [0, 0.05) is 17.5 Å². The first kappa shape index (κ1) is 20.9. The first-order valence-corrected chi connectivity index (χ1v) is 12.2. The number of urea groups is 1. The summed E-state index contributed by atoms with van der Waals surface area (Å²) >= 11 is 0. The molecule has 0 aliphatic carbocycles. The first-order valence-electron chi connectivity index (χ1n) is 12.2. The van der Waals surface area contributed by atoms with E-state index in [0.29, 0.717) is 24.2 Å². The quantitative estimate of drug-likeness (QED) is 0.396. The molecule has 6 heteroatoms. The standard InChI is InChI=1S/C30H23N3O3/c34-28(22-15-13-20(14-16-22)19-7-2-1-3-8-19)31-18-23-17-26(31)27-29(35)33(30(36)32(23)27)25-12-6-10-21-9-4-5-11-24(21)25/h1-16,23,26-27H,17-18H2. The fraction of sp³-hybridized carbons (Fsp3) is 0.167. The fourth-order valence-corrected chi connectivity index (χ4v) is 6.12. The average Bonchev–Trinajstić information content (AvgIpc) is 3.60. The molecule has 3 aliphatic rings. The molecule has 4 amide bonds. The maximum absolute atomic E-state index is 13.7. The van der Waals surface area contributed by atoms with Crippen LogP contribution in [0.15, 0.2) is 97.1 Å². The molecule has 7 rings (SSSR count). The third-order valence-electron chi connectivity index (χ3n) is 7.77. The molecule has 3 saturated heterocycles. The molecule has 4 aromatic carbocycles. The van der Waals surface area contributed by atoms with Crippen molar-refractivity contribution in [2.45, 2.75) is 24.5 Å². The van der Waals surface area contributed by atoms with Crippen molar-refractivity contribution in [2.75, 3.05) is 11.4 Å². The molecule has 0 spiro atoms. The lowest BCUT2D eigenvalue weighted by Crippen LogP contribution is -2.54. The van der Waals surface area contributed by atoms with Gasteiger partial charge in [-0.05, 0) is 41.1 Å². The Morgan fingerprint density at radius 2 is 1.44 bits per heavy atom. The Bertz CT molecular complexity index is 1530. The van der Waals surface area contributed by atoms with E-state index < -0.39 is 6.04 Å². The van der Waals surface area contributed by atoms with Gasteiger partial charge in [-0.3, -0.25) is 9.59 Å². The summed E-state index contributed by atoms with van der Waals surface area (Å²) in [6, 6.07) is 29.6. The van der Waals surface area contributed by atoms with Gasteiger partial charge in [-0.15, -0.1) is 0 Å². The van der Waals surface area contributed by atoms with E-state index in [1.165, 1.54) is 4.90 Å². The molecular weight excluding hydrogens is 450 g/mol. The van der Waals surface area contributed by atoms with Crippen LogP contribution < -0.4 is 4.90 Å². The van der Waals surface area contributed by atoms with Gasteiger partial charge in [-0.25, -0.2) is 9.69 Å². The highest BCUT2D eigenvalue weighted by Crippen LogP contribution is 2.44. The lowest BCUT2D eigenvalue weighted by Gasteiger charge is -2.35. The number of hydrogen-bond donors (Lipinski definition) is 0. The Kier molecular flexibility index (Phi) is 4.51. The minimum absolute atomic E-state index is 0.0920. The highest BCUT2D eigenvalue weighted by Gasteiger charge is 2.63. The molecule has 2 bridgehead atoms.